The largest absolute Gasteiger partial charge is 0.370 e. The van der Waals surface area contributed by atoms with Crippen LogP contribution in [-0.4, -0.2) is 16.5 Å². The molecule has 0 spiro atoms. The van der Waals surface area contributed by atoms with Crippen LogP contribution in [0, 0.1) is 20.8 Å². The van der Waals surface area contributed by atoms with Crippen molar-refractivity contribution in [2.24, 2.45) is 0 Å². The van der Waals surface area contributed by atoms with Crippen LogP contribution >= 0.6 is 0 Å². The van der Waals surface area contributed by atoms with Gasteiger partial charge < -0.3 is 5.32 Å². The summed E-state index contributed by atoms with van der Waals surface area (Å²) in [5.41, 5.74) is 4.67. The van der Waals surface area contributed by atoms with Gasteiger partial charge in [0.2, 0.25) is 0 Å². The van der Waals surface area contributed by atoms with Gasteiger partial charge in [-0.2, -0.15) is 0 Å². The van der Waals surface area contributed by atoms with Crippen LogP contribution in [0.15, 0.2) is 24.3 Å². The minimum atomic E-state index is 0.795. The second-order valence-corrected chi connectivity index (χ2v) is 4.53. The highest BCUT2D eigenvalue weighted by molar-refractivity contribution is 5.66. The summed E-state index contributed by atoms with van der Waals surface area (Å²) in [5, 5.41) is 3.24. The number of nitrogens with zero attached hydrogens (tertiary/aromatic N) is 2. The quantitative estimate of drug-likeness (QED) is 0.893. The van der Waals surface area contributed by atoms with E-state index in [1.54, 1.807) is 0 Å². The Hall–Kier alpha value is -1.90. The van der Waals surface area contributed by atoms with E-state index in [2.05, 4.69) is 54.3 Å². The molecule has 0 radical (unpaired) electrons. The zero-order valence-electron chi connectivity index (χ0n) is 11.4. The summed E-state index contributed by atoms with van der Waals surface area (Å²) >= 11 is 0. The molecule has 0 aliphatic carbocycles. The number of aromatic nitrogens is 2. The molecule has 94 valence electrons. The third kappa shape index (κ3) is 2.67. The molecule has 1 aromatic carbocycles. The number of nitrogens with one attached hydrogen (secondary N) is 1. The maximum absolute atomic E-state index is 4.53. The number of hydrogen-bond donors (Lipinski definition) is 1. The summed E-state index contributed by atoms with van der Waals surface area (Å²) in [6.45, 7) is 9.07. The highest BCUT2D eigenvalue weighted by Gasteiger charge is 2.06. The van der Waals surface area contributed by atoms with Crippen molar-refractivity contribution in [3.63, 3.8) is 0 Å². The molecule has 1 heterocycles. The molecular weight excluding hydrogens is 222 g/mol. The number of aryl methyl sites for hydroxylation is 3. The fraction of sp³-hybridized carbons (Fsp3) is 0.333. The van der Waals surface area contributed by atoms with Gasteiger partial charge >= 0.3 is 0 Å². The predicted molar refractivity (Wildman–Crippen MR) is 75.8 cm³/mol. The van der Waals surface area contributed by atoms with E-state index in [1.807, 2.05) is 13.0 Å². The van der Waals surface area contributed by atoms with Gasteiger partial charge in [0.05, 0.1) is 5.69 Å². The normalized spacial score (nSPS) is 10.4. The van der Waals surface area contributed by atoms with Crippen molar-refractivity contribution in [3.8, 4) is 11.3 Å². The van der Waals surface area contributed by atoms with Crippen LogP contribution in [0.2, 0.25) is 0 Å². The molecule has 0 amide bonds. The first-order valence-corrected chi connectivity index (χ1v) is 6.27. The van der Waals surface area contributed by atoms with Crippen molar-refractivity contribution >= 4 is 5.82 Å². The van der Waals surface area contributed by atoms with Crippen LogP contribution in [0.1, 0.15) is 23.9 Å². The van der Waals surface area contributed by atoms with E-state index in [1.165, 1.54) is 16.7 Å². The maximum Gasteiger partial charge on any atom is 0.130 e. The Bertz CT molecular complexity index is 562. The molecule has 3 heteroatoms. The Kier molecular flexibility index (Phi) is 3.60. The molecule has 0 unspecified atom stereocenters. The van der Waals surface area contributed by atoms with Gasteiger partial charge in [-0.05, 0) is 33.3 Å². The fourth-order valence-electron chi connectivity index (χ4n) is 2.08. The Labute approximate surface area is 108 Å². The molecule has 2 aromatic rings. The molecule has 0 fully saturated rings. The smallest absolute Gasteiger partial charge is 0.130 e. The third-order valence-corrected chi connectivity index (χ3v) is 2.85. The summed E-state index contributed by atoms with van der Waals surface area (Å²) in [6.07, 6.45) is 0. The maximum atomic E-state index is 4.53. The molecule has 3 nitrogen and oxygen atoms in total. The average Bonchev–Trinajstić information content (AvgIpc) is 2.28. The van der Waals surface area contributed by atoms with Crippen LogP contribution in [0.4, 0.5) is 5.82 Å². The van der Waals surface area contributed by atoms with Crippen LogP contribution in [0.5, 0.6) is 0 Å². The molecule has 0 saturated carbocycles. The first kappa shape index (κ1) is 12.6. The molecule has 1 N–H and O–H groups in total. The van der Waals surface area contributed by atoms with E-state index >= 15 is 0 Å². The lowest BCUT2D eigenvalue weighted by atomic mass is 10.0. The summed E-state index contributed by atoms with van der Waals surface area (Å²) in [7, 11) is 0. The van der Waals surface area contributed by atoms with Crippen molar-refractivity contribution in [2.75, 3.05) is 11.9 Å². The lowest BCUT2D eigenvalue weighted by Crippen LogP contribution is -2.02. The molecule has 18 heavy (non-hydrogen) atoms. The highest BCUT2D eigenvalue weighted by Crippen LogP contribution is 2.24. The Morgan fingerprint density at radius 2 is 1.83 bits per heavy atom. The van der Waals surface area contributed by atoms with Gasteiger partial charge in [-0.1, -0.05) is 23.8 Å². The number of hydrogen-bond acceptors (Lipinski definition) is 3. The summed E-state index contributed by atoms with van der Waals surface area (Å²) < 4.78 is 0. The van der Waals surface area contributed by atoms with Crippen molar-refractivity contribution < 1.29 is 0 Å². The molecule has 0 aliphatic rings. The predicted octanol–water partition coefficient (Wildman–Crippen LogP) is 3.50. The Morgan fingerprint density at radius 3 is 2.50 bits per heavy atom. The minimum Gasteiger partial charge on any atom is -0.370 e. The monoisotopic (exact) mass is 241 g/mol. The summed E-state index contributed by atoms with van der Waals surface area (Å²) in [6, 6.07) is 8.43. The van der Waals surface area contributed by atoms with Crippen molar-refractivity contribution in [3.05, 3.63) is 41.2 Å². The van der Waals surface area contributed by atoms with E-state index in [-0.39, 0.29) is 0 Å². The molecule has 0 atom stereocenters. The topological polar surface area (TPSA) is 37.8 Å². The van der Waals surface area contributed by atoms with Gasteiger partial charge in [-0.15, -0.1) is 0 Å². The lowest BCUT2D eigenvalue weighted by Gasteiger charge is -2.09. The van der Waals surface area contributed by atoms with Crippen molar-refractivity contribution in [2.45, 2.75) is 27.7 Å². The average molecular weight is 241 g/mol. The lowest BCUT2D eigenvalue weighted by molar-refractivity contribution is 1.04. The van der Waals surface area contributed by atoms with E-state index in [9.17, 15) is 0 Å². The second-order valence-electron chi connectivity index (χ2n) is 4.53. The van der Waals surface area contributed by atoms with Crippen LogP contribution in [0.3, 0.4) is 0 Å². The van der Waals surface area contributed by atoms with E-state index < -0.39 is 0 Å². The molecular formula is C15H19N3. The fourth-order valence-corrected chi connectivity index (χ4v) is 2.08. The SMILES string of the molecule is CCNc1cc(-c2ccc(C)cc2C)nc(C)n1. The summed E-state index contributed by atoms with van der Waals surface area (Å²) in [4.78, 5) is 8.90. The third-order valence-electron chi connectivity index (χ3n) is 2.85. The molecule has 2 rings (SSSR count). The van der Waals surface area contributed by atoms with Gasteiger partial charge in [-0.3, -0.25) is 0 Å². The molecule has 0 saturated heterocycles. The zero-order chi connectivity index (χ0) is 13.1. The number of rotatable bonds is 3. The minimum absolute atomic E-state index is 0.795. The van der Waals surface area contributed by atoms with Gasteiger partial charge in [-0.25, -0.2) is 9.97 Å². The van der Waals surface area contributed by atoms with Gasteiger partial charge in [0.25, 0.3) is 0 Å². The van der Waals surface area contributed by atoms with E-state index in [0.717, 1.165) is 23.9 Å². The van der Waals surface area contributed by atoms with Crippen LogP contribution in [-0.2, 0) is 0 Å². The molecule has 1 aromatic heterocycles. The first-order valence-electron chi connectivity index (χ1n) is 6.27. The van der Waals surface area contributed by atoms with Gasteiger partial charge in [0, 0.05) is 18.2 Å². The van der Waals surface area contributed by atoms with Gasteiger partial charge in [0.15, 0.2) is 0 Å². The summed E-state index contributed by atoms with van der Waals surface area (Å²) in [5.74, 6) is 1.68. The standard InChI is InChI=1S/C15H19N3/c1-5-16-15-9-14(17-12(4)18-15)13-7-6-10(2)8-11(13)3/h6-9H,5H2,1-4H3,(H,16,17,18). The Morgan fingerprint density at radius 1 is 1.06 bits per heavy atom. The molecule has 0 aliphatic heterocycles. The molecule has 0 bridgehead atoms. The van der Waals surface area contributed by atoms with E-state index in [0.29, 0.717) is 0 Å². The van der Waals surface area contributed by atoms with Crippen molar-refractivity contribution in [1.82, 2.24) is 9.97 Å². The van der Waals surface area contributed by atoms with Gasteiger partial charge in [0.1, 0.15) is 11.6 Å². The zero-order valence-corrected chi connectivity index (χ0v) is 11.4. The first-order chi connectivity index (χ1) is 8.60. The number of benzene rings is 1. The second kappa shape index (κ2) is 5.17. The van der Waals surface area contributed by atoms with E-state index in [4.69, 9.17) is 0 Å². The van der Waals surface area contributed by atoms with Crippen LogP contribution in [0.25, 0.3) is 11.3 Å². The number of anilines is 1. The highest BCUT2D eigenvalue weighted by atomic mass is 15.0. The van der Waals surface area contributed by atoms with Crippen LogP contribution < -0.4 is 5.32 Å². The Balaban J connectivity index is 2.49. The van der Waals surface area contributed by atoms with Crippen molar-refractivity contribution in [1.29, 1.82) is 0 Å².